The maximum atomic E-state index is 4.50. The van der Waals surface area contributed by atoms with Crippen LogP contribution in [0.1, 0.15) is 25.3 Å². The van der Waals surface area contributed by atoms with Crippen molar-refractivity contribution in [3.63, 3.8) is 0 Å². The van der Waals surface area contributed by atoms with Crippen molar-refractivity contribution in [1.29, 1.82) is 0 Å². The number of rotatable bonds is 1. The van der Waals surface area contributed by atoms with E-state index in [4.69, 9.17) is 0 Å². The molecule has 0 saturated carbocycles. The van der Waals surface area contributed by atoms with E-state index in [2.05, 4.69) is 43.4 Å². The Bertz CT molecular complexity index is 283. The van der Waals surface area contributed by atoms with E-state index in [1.54, 1.807) is 0 Å². The predicted molar refractivity (Wildman–Crippen MR) is 51.9 cm³/mol. The maximum Gasteiger partial charge on any atom is 0 e. The van der Waals surface area contributed by atoms with E-state index in [1.165, 1.54) is 11.3 Å². The largest absolute Gasteiger partial charge is 0.684 e. The van der Waals surface area contributed by atoms with Gasteiger partial charge in [0.2, 0.25) is 0 Å². The van der Waals surface area contributed by atoms with Gasteiger partial charge in [-0.15, -0.1) is 12.2 Å². The van der Waals surface area contributed by atoms with Crippen molar-refractivity contribution in [1.82, 2.24) is 0 Å². The molecule has 0 fully saturated rings. The average Bonchev–Trinajstić information content (AvgIpc) is 2.47. The topological polar surface area (TPSA) is 14.1 Å². The van der Waals surface area contributed by atoms with Gasteiger partial charge in [0.1, 0.15) is 0 Å². The van der Waals surface area contributed by atoms with E-state index in [0.29, 0.717) is 11.8 Å². The molecular weight excluding hydrogens is 249 g/mol. The SMILES string of the molecule is CC(C)C1C[N-]c2ccccc21.[Rh]. The molecule has 0 bridgehead atoms. The molecule has 2 heteroatoms. The Hall–Kier alpha value is -0.357. The van der Waals surface area contributed by atoms with Crippen LogP contribution in [0, 0.1) is 5.92 Å². The van der Waals surface area contributed by atoms with E-state index in [1.807, 2.05) is 0 Å². The number of nitrogens with zero attached hydrogens (tertiary/aromatic N) is 1. The summed E-state index contributed by atoms with van der Waals surface area (Å²) in [4.78, 5) is 0. The second-order valence-corrected chi connectivity index (χ2v) is 3.75. The van der Waals surface area contributed by atoms with Crippen molar-refractivity contribution in [3.8, 4) is 0 Å². The average molecular weight is 263 g/mol. The zero-order valence-electron chi connectivity index (χ0n) is 7.95. The Morgan fingerprint density at radius 3 is 2.69 bits per heavy atom. The molecule has 1 atom stereocenters. The molecule has 0 aromatic heterocycles. The molecule has 2 rings (SSSR count). The van der Waals surface area contributed by atoms with Gasteiger partial charge in [-0.3, -0.25) is 0 Å². The van der Waals surface area contributed by atoms with E-state index in [0.717, 1.165) is 6.54 Å². The van der Waals surface area contributed by atoms with Crippen molar-refractivity contribution < 1.29 is 19.5 Å². The Kier molecular flexibility index (Phi) is 3.49. The van der Waals surface area contributed by atoms with Crippen molar-refractivity contribution in [2.45, 2.75) is 19.8 Å². The zero-order valence-corrected chi connectivity index (χ0v) is 9.59. The molecule has 1 aromatic rings. The van der Waals surface area contributed by atoms with E-state index in [9.17, 15) is 0 Å². The first-order valence-corrected chi connectivity index (χ1v) is 4.55. The van der Waals surface area contributed by atoms with Crippen molar-refractivity contribution in [3.05, 3.63) is 35.1 Å². The summed E-state index contributed by atoms with van der Waals surface area (Å²) in [5.74, 6) is 1.36. The standard InChI is InChI=1S/C11H14N.Rh/c1-8(2)10-7-12-11-6-4-3-5-9(10)11;/h3-6,8,10H,7H2,1-2H3;/q-1;. The summed E-state index contributed by atoms with van der Waals surface area (Å²) in [5.41, 5.74) is 2.64. The van der Waals surface area contributed by atoms with Gasteiger partial charge < -0.3 is 5.32 Å². The minimum absolute atomic E-state index is 0. The molecule has 0 spiro atoms. The molecule has 1 nitrogen and oxygen atoms in total. The molecule has 1 aliphatic heterocycles. The molecule has 1 aliphatic rings. The van der Waals surface area contributed by atoms with Crippen LogP contribution in [0.15, 0.2) is 24.3 Å². The van der Waals surface area contributed by atoms with Gasteiger partial charge in [0.25, 0.3) is 0 Å². The number of benzene rings is 1. The molecule has 1 radical (unpaired) electrons. The third-order valence-corrected chi connectivity index (χ3v) is 2.60. The van der Waals surface area contributed by atoms with Crippen LogP contribution in [0.5, 0.6) is 0 Å². The number of para-hydroxylation sites is 1. The third-order valence-electron chi connectivity index (χ3n) is 2.60. The molecule has 0 N–H and O–H groups in total. The first-order valence-electron chi connectivity index (χ1n) is 4.55. The summed E-state index contributed by atoms with van der Waals surface area (Å²) in [6.07, 6.45) is 0. The summed E-state index contributed by atoms with van der Waals surface area (Å²) >= 11 is 0. The van der Waals surface area contributed by atoms with Gasteiger partial charge in [-0.05, 0) is 11.8 Å². The van der Waals surface area contributed by atoms with E-state index in [-0.39, 0.29) is 19.5 Å². The summed E-state index contributed by atoms with van der Waals surface area (Å²) in [6, 6.07) is 8.48. The Labute approximate surface area is 92.7 Å². The minimum atomic E-state index is 0. The molecule has 0 aliphatic carbocycles. The fourth-order valence-corrected chi connectivity index (χ4v) is 1.81. The van der Waals surface area contributed by atoms with Crippen molar-refractivity contribution in [2.75, 3.05) is 6.54 Å². The van der Waals surface area contributed by atoms with Crippen molar-refractivity contribution >= 4 is 5.69 Å². The van der Waals surface area contributed by atoms with Crippen LogP contribution in [0.3, 0.4) is 0 Å². The van der Waals surface area contributed by atoms with Gasteiger partial charge in [0.05, 0.1) is 0 Å². The van der Waals surface area contributed by atoms with Crippen LogP contribution in [-0.4, -0.2) is 6.54 Å². The van der Waals surface area contributed by atoms with Crippen LogP contribution >= 0.6 is 0 Å². The number of hydrogen-bond donors (Lipinski definition) is 0. The summed E-state index contributed by atoms with van der Waals surface area (Å²) in [7, 11) is 0. The molecule has 1 heterocycles. The summed E-state index contributed by atoms with van der Waals surface area (Å²) in [5, 5.41) is 4.50. The zero-order chi connectivity index (χ0) is 8.55. The smallest absolute Gasteiger partial charge is 0 e. The molecule has 1 unspecified atom stereocenters. The van der Waals surface area contributed by atoms with Crippen LogP contribution in [0.2, 0.25) is 0 Å². The van der Waals surface area contributed by atoms with Crippen LogP contribution < -0.4 is 0 Å². The first-order chi connectivity index (χ1) is 5.79. The predicted octanol–water partition coefficient (Wildman–Crippen LogP) is 3.44. The second kappa shape index (κ2) is 4.24. The molecule has 1 aromatic carbocycles. The van der Waals surface area contributed by atoms with E-state index >= 15 is 0 Å². The number of hydrogen-bond acceptors (Lipinski definition) is 0. The third kappa shape index (κ3) is 1.94. The minimum Gasteiger partial charge on any atom is -0.684 e. The maximum absolute atomic E-state index is 4.50. The molecule has 73 valence electrons. The normalized spacial score (nSPS) is 19.2. The van der Waals surface area contributed by atoms with Gasteiger partial charge in [-0.25, -0.2) is 0 Å². The van der Waals surface area contributed by atoms with Gasteiger partial charge in [0, 0.05) is 19.5 Å². The van der Waals surface area contributed by atoms with Gasteiger partial charge in [-0.1, -0.05) is 43.7 Å². The quantitative estimate of drug-likeness (QED) is 0.689. The van der Waals surface area contributed by atoms with Gasteiger partial charge in [0.15, 0.2) is 0 Å². The van der Waals surface area contributed by atoms with Crippen molar-refractivity contribution in [2.24, 2.45) is 5.92 Å². The Balaban J connectivity index is 0.000000845. The van der Waals surface area contributed by atoms with Gasteiger partial charge >= 0.3 is 0 Å². The van der Waals surface area contributed by atoms with Crippen LogP contribution in [0.4, 0.5) is 5.69 Å². The van der Waals surface area contributed by atoms with Crippen LogP contribution in [-0.2, 0) is 19.5 Å². The summed E-state index contributed by atoms with van der Waals surface area (Å²) < 4.78 is 0. The molecule has 13 heavy (non-hydrogen) atoms. The molecule has 0 saturated heterocycles. The van der Waals surface area contributed by atoms with Gasteiger partial charge in [-0.2, -0.15) is 0 Å². The van der Waals surface area contributed by atoms with E-state index < -0.39 is 0 Å². The fourth-order valence-electron chi connectivity index (χ4n) is 1.81. The Morgan fingerprint density at radius 1 is 1.31 bits per heavy atom. The van der Waals surface area contributed by atoms with Crippen LogP contribution in [0.25, 0.3) is 5.32 Å². The first kappa shape index (κ1) is 10.7. The molecular formula is C11H14NRh-. The monoisotopic (exact) mass is 263 g/mol. The molecule has 0 amide bonds. The Morgan fingerprint density at radius 2 is 2.00 bits per heavy atom. The fraction of sp³-hybridized carbons (Fsp3) is 0.455. The summed E-state index contributed by atoms with van der Waals surface area (Å²) in [6.45, 7) is 5.52. The number of fused-ring (bicyclic) bond motifs is 1. The second-order valence-electron chi connectivity index (χ2n) is 3.75.